The summed E-state index contributed by atoms with van der Waals surface area (Å²) in [7, 11) is 0. The number of fused-ring (bicyclic) bond motifs is 5. The maximum absolute atomic E-state index is 8.55. The monoisotopic (exact) mass is 551 g/mol. The van der Waals surface area contributed by atoms with E-state index in [2.05, 4.69) is 51.4 Å². The molecular weight excluding hydrogens is 518 g/mol. The lowest BCUT2D eigenvalue weighted by Gasteiger charge is -2.09. The minimum Gasteiger partial charge on any atom is -0.208 e. The molecule has 0 N–H and O–H groups in total. The van der Waals surface area contributed by atoms with E-state index in [1.165, 1.54) is 15.5 Å². The number of rotatable bonds is 4. The second-order valence-corrected chi connectivity index (χ2v) is 10.4. The molecule has 0 saturated heterocycles. The third kappa shape index (κ3) is 4.17. The van der Waals surface area contributed by atoms with Gasteiger partial charge >= 0.3 is 0 Å². The van der Waals surface area contributed by atoms with Crippen LogP contribution < -0.4 is 0 Å². The molecule has 0 aliphatic heterocycles. The molecule has 0 fully saturated rings. The Balaban J connectivity index is 1.32. The zero-order chi connectivity index (χ0) is 35.9. The van der Waals surface area contributed by atoms with Crippen LogP contribution in [-0.4, -0.2) is 15.0 Å². The van der Waals surface area contributed by atoms with Gasteiger partial charge in [-0.05, 0) is 28.0 Å². The van der Waals surface area contributed by atoms with Gasteiger partial charge in [0.15, 0.2) is 17.5 Å². The Hall–Kier alpha value is -5.19. The molecular formula is C37H23N3S. The smallest absolute Gasteiger partial charge is 0.164 e. The standard InChI is InChI=1S/C37H23N3S/c1-3-11-26(12-4-1)35-38-36(27-13-5-2-6-14-27)40-37(39-35)28-20-18-25(19-21-28)29-16-9-17-32-33(29)31-23-22-24-10-7-8-15-30(24)34(31)41-32/h1-23H/i1D,2D,3D,4D,5D,6D,11D,12D,13D,14D. The Morgan fingerprint density at radius 3 is 1.78 bits per heavy atom. The average Bonchev–Trinajstić information content (AvgIpc) is 3.54. The molecule has 0 spiro atoms. The fourth-order valence-corrected chi connectivity index (χ4v) is 6.31. The summed E-state index contributed by atoms with van der Waals surface area (Å²) in [4.78, 5) is 13.4. The Morgan fingerprint density at radius 1 is 0.488 bits per heavy atom. The van der Waals surface area contributed by atoms with Crippen molar-refractivity contribution in [3.63, 3.8) is 0 Å². The predicted molar refractivity (Wildman–Crippen MR) is 172 cm³/mol. The van der Waals surface area contributed by atoms with Crippen LogP contribution in [0, 0.1) is 0 Å². The van der Waals surface area contributed by atoms with Crippen molar-refractivity contribution in [2.24, 2.45) is 0 Å². The molecule has 4 heteroatoms. The maximum Gasteiger partial charge on any atom is 0.164 e. The van der Waals surface area contributed by atoms with E-state index in [-0.39, 0.29) is 28.6 Å². The topological polar surface area (TPSA) is 38.7 Å². The molecule has 41 heavy (non-hydrogen) atoms. The van der Waals surface area contributed by atoms with Crippen molar-refractivity contribution in [2.45, 2.75) is 0 Å². The summed E-state index contributed by atoms with van der Waals surface area (Å²) in [6, 6.07) is 20.4. The summed E-state index contributed by atoms with van der Waals surface area (Å²) >= 11 is 1.74. The molecule has 2 aromatic heterocycles. The zero-order valence-electron chi connectivity index (χ0n) is 31.3. The number of nitrogens with zero attached hydrogens (tertiary/aromatic N) is 3. The van der Waals surface area contributed by atoms with Crippen molar-refractivity contribution in [1.29, 1.82) is 0 Å². The van der Waals surface area contributed by atoms with Crippen molar-refractivity contribution < 1.29 is 13.7 Å². The number of hydrogen-bond acceptors (Lipinski definition) is 4. The van der Waals surface area contributed by atoms with Crippen LogP contribution in [-0.2, 0) is 0 Å². The molecule has 0 radical (unpaired) electrons. The van der Waals surface area contributed by atoms with E-state index in [4.69, 9.17) is 13.7 Å². The number of thiophene rings is 1. The van der Waals surface area contributed by atoms with Gasteiger partial charge < -0.3 is 0 Å². The van der Waals surface area contributed by atoms with E-state index in [0.29, 0.717) is 5.56 Å². The fourth-order valence-electron chi connectivity index (χ4n) is 5.05. The summed E-state index contributed by atoms with van der Waals surface area (Å²) in [5, 5.41) is 4.64. The molecule has 0 aliphatic carbocycles. The first-order chi connectivity index (χ1) is 24.5. The molecule has 8 rings (SSSR count). The lowest BCUT2D eigenvalue weighted by Crippen LogP contribution is -2.00. The zero-order valence-corrected chi connectivity index (χ0v) is 22.1. The van der Waals surface area contributed by atoms with Crippen LogP contribution in [0.5, 0.6) is 0 Å². The summed E-state index contributed by atoms with van der Waals surface area (Å²) in [5.41, 5.74) is 1.80. The van der Waals surface area contributed by atoms with Crippen LogP contribution in [0.4, 0.5) is 0 Å². The first-order valence-corrected chi connectivity index (χ1v) is 13.6. The van der Waals surface area contributed by atoms with Crippen molar-refractivity contribution in [1.82, 2.24) is 15.0 Å². The van der Waals surface area contributed by atoms with Gasteiger partial charge in [0.05, 0.1) is 13.7 Å². The molecule has 0 bridgehead atoms. The minimum atomic E-state index is -0.593. The first kappa shape index (κ1) is 15.6. The van der Waals surface area contributed by atoms with Crippen LogP contribution in [0.15, 0.2) is 139 Å². The molecule has 0 saturated carbocycles. The molecule has 2 heterocycles. The summed E-state index contributed by atoms with van der Waals surface area (Å²) in [6.07, 6.45) is 0. The summed E-state index contributed by atoms with van der Waals surface area (Å²) in [5.74, 6) is -0.583. The van der Waals surface area contributed by atoms with Gasteiger partial charge in [-0.1, -0.05) is 133 Å². The molecule has 8 aromatic rings. The largest absolute Gasteiger partial charge is 0.208 e. The molecule has 0 unspecified atom stereocenters. The summed E-state index contributed by atoms with van der Waals surface area (Å²) < 4.78 is 85.4. The molecule has 0 amide bonds. The molecule has 192 valence electrons. The third-order valence-electron chi connectivity index (χ3n) is 6.92. The van der Waals surface area contributed by atoms with E-state index in [1.807, 2.05) is 30.3 Å². The first-order valence-electron chi connectivity index (χ1n) is 17.8. The van der Waals surface area contributed by atoms with Crippen LogP contribution in [0.2, 0.25) is 0 Å². The fraction of sp³-hybridized carbons (Fsp3) is 0. The van der Waals surface area contributed by atoms with Crippen LogP contribution in [0.25, 0.3) is 76.2 Å². The van der Waals surface area contributed by atoms with Crippen LogP contribution in [0.1, 0.15) is 13.7 Å². The predicted octanol–water partition coefficient (Wildman–Crippen LogP) is 10.1. The van der Waals surface area contributed by atoms with Crippen LogP contribution in [0.3, 0.4) is 0 Å². The van der Waals surface area contributed by atoms with Crippen molar-refractivity contribution in [3.8, 4) is 45.3 Å². The maximum atomic E-state index is 8.55. The van der Waals surface area contributed by atoms with Gasteiger partial charge in [0.25, 0.3) is 0 Å². The molecule has 0 aliphatic rings. The molecule has 3 nitrogen and oxygen atoms in total. The van der Waals surface area contributed by atoms with Gasteiger partial charge in [-0.15, -0.1) is 11.3 Å². The van der Waals surface area contributed by atoms with Gasteiger partial charge in [-0.25, -0.2) is 15.0 Å². The van der Waals surface area contributed by atoms with Crippen molar-refractivity contribution >= 4 is 42.3 Å². The quantitative estimate of drug-likeness (QED) is 0.218. The van der Waals surface area contributed by atoms with Gasteiger partial charge in [0.1, 0.15) is 0 Å². The van der Waals surface area contributed by atoms with E-state index >= 15 is 0 Å². The van der Waals surface area contributed by atoms with E-state index in [9.17, 15) is 0 Å². The Labute approximate surface area is 255 Å². The number of aromatic nitrogens is 3. The van der Waals surface area contributed by atoms with Gasteiger partial charge in [-0.2, -0.15) is 0 Å². The van der Waals surface area contributed by atoms with Gasteiger partial charge in [0, 0.05) is 36.9 Å². The highest BCUT2D eigenvalue weighted by atomic mass is 32.1. The normalized spacial score (nSPS) is 14.8. The average molecular weight is 552 g/mol. The minimum absolute atomic E-state index is 0.0193. The highest BCUT2D eigenvalue weighted by molar-refractivity contribution is 7.26. The van der Waals surface area contributed by atoms with Gasteiger partial charge in [-0.3, -0.25) is 0 Å². The van der Waals surface area contributed by atoms with Crippen molar-refractivity contribution in [2.75, 3.05) is 0 Å². The molecule has 6 aromatic carbocycles. The van der Waals surface area contributed by atoms with E-state index < -0.39 is 60.4 Å². The van der Waals surface area contributed by atoms with Crippen molar-refractivity contribution in [3.05, 3.63) is 139 Å². The highest BCUT2D eigenvalue weighted by Gasteiger charge is 2.15. The van der Waals surface area contributed by atoms with E-state index in [1.54, 1.807) is 23.5 Å². The second-order valence-electron chi connectivity index (χ2n) is 9.33. The number of hydrogen-bond donors (Lipinski definition) is 0. The van der Waals surface area contributed by atoms with Gasteiger partial charge in [0.2, 0.25) is 0 Å². The van der Waals surface area contributed by atoms with E-state index in [0.717, 1.165) is 26.6 Å². The third-order valence-corrected chi connectivity index (χ3v) is 8.13. The SMILES string of the molecule is [2H]c1c([2H])c([2H])c(-c2nc(-c3ccc(-c4cccc5sc6c7ccccc7ccc6c45)cc3)nc(-c3c([2H])c([2H])c([2H])c([2H])c3[2H])n2)c([2H])c1[2H]. The lowest BCUT2D eigenvalue weighted by molar-refractivity contribution is 1.07. The highest BCUT2D eigenvalue weighted by Crippen LogP contribution is 2.43. The Bertz CT molecular complexity index is 2620. The summed E-state index contributed by atoms with van der Waals surface area (Å²) in [6.45, 7) is 0. The lowest BCUT2D eigenvalue weighted by atomic mass is 9.97. The number of benzene rings is 6. The Kier molecular flexibility index (Phi) is 3.71. The molecule has 0 atom stereocenters. The Morgan fingerprint density at radius 2 is 1.10 bits per heavy atom. The van der Waals surface area contributed by atoms with Crippen LogP contribution >= 0.6 is 11.3 Å². The second kappa shape index (κ2) is 9.77.